The molecule has 3 aliphatic rings. The van der Waals surface area contributed by atoms with Crippen LogP contribution < -0.4 is 0 Å². The lowest BCUT2D eigenvalue weighted by molar-refractivity contribution is -0.123. The molecule has 1 aromatic rings. The summed E-state index contributed by atoms with van der Waals surface area (Å²) in [6.45, 7) is 5.95. The Morgan fingerprint density at radius 1 is 1.20 bits per heavy atom. The number of rotatable bonds is 2. The molecule has 0 aromatic heterocycles. The van der Waals surface area contributed by atoms with Crippen molar-refractivity contribution >= 4 is 23.8 Å². The Kier molecular flexibility index (Phi) is 6.26. The second kappa shape index (κ2) is 9.07. The maximum absolute atomic E-state index is 13.1. The Labute approximate surface area is 179 Å². The fraction of sp³-hybridized carbons (Fsp3) is 0.520. The molecule has 2 fully saturated rings. The van der Waals surface area contributed by atoms with Crippen LogP contribution in [0.5, 0.6) is 0 Å². The number of nitrogens with zero attached hydrogens (tertiary/aromatic N) is 4. The van der Waals surface area contributed by atoms with Gasteiger partial charge in [-0.25, -0.2) is 9.98 Å². The molecule has 1 aromatic carbocycles. The fourth-order valence-electron chi connectivity index (χ4n) is 5.25. The number of hydrogen-bond donors (Lipinski definition) is 0. The number of carbonyl (C=O) groups excluding carboxylic acids is 1. The number of hydrogen-bond acceptors (Lipinski definition) is 2. The van der Waals surface area contributed by atoms with Crippen LogP contribution in [0.1, 0.15) is 50.2 Å². The highest BCUT2D eigenvalue weighted by Gasteiger charge is 2.43. The van der Waals surface area contributed by atoms with Crippen LogP contribution >= 0.6 is 0 Å². The van der Waals surface area contributed by atoms with Crippen molar-refractivity contribution in [3.8, 4) is 0 Å². The Morgan fingerprint density at radius 3 is 2.63 bits per heavy atom. The van der Waals surface area contributed by atoms with Gasteiger partial charge in [-0.05, 0) is 60.6 Å². The highest BCUT2D eigenvalue weighted by atomic mass is 16.2. The van der Waals surface area contributed by atoms with E-state index < -0.39 is 0 Å². The second-order valence-corrected chi connectivity index (χ2v) is 8.81. The molecule has 0 spiro atoms. The Hall–Kier alpha value is -2.56. The number of fused-ring (bicyclic) bond motifs is 1. The van der Waals surface area contributed by atoms with E-state index in [1.807, 2.05) is 11.0 Å². The number of benzene rings is 1. The van der Waals surface area contributed by atoms with Crippen molar-refractivity contribution in [3.05, 3.63) is 47.5 Å². The summed E-state index contributed by atoms with van der Waals surface area (Å²) in [5.41, 5.74) is 2.99. The first-order chi connectivity index (χ1) is 14.6. The smallest absolute Gasteiger partial charge is 0.291 e. The van der Waals surface area contributed by atoms with Gasteiger partial charge in [0.25, 0.3) is 5.91 Å². The summed E-state index contributed by atoms with van der Waals surface area (Å²) in [6.07, 6.45) is 10.1. The number of amidine groups is 2. The summed E-state index contributed by atoms with van der Waals surface area (Å²) >= 11 is 0. The zero-order valence-electron chi connectivity index (χ0n) is 18.3. The molecule has 0 N–H and O–H groups in total. The van der Waals surface area contributed by atoms with E-state index in [-0.39, 0.29) is 17.7 Å². The lowest BCUT2D eigenvalue weighted by Gasteiger charge is -2.20. The predicted octanol–water partition coefficient (Wildman–Crippen LogP) is 4.29. The monoisotopic (exact) mass is 404 g/mol. The van der Waals surface area contributed by atoms with E-state index in [9.17, 15) is 4.79 Å². The molecule has 158 valence electrons. The van der Waals surface area contributed by atoms with Gasteiger partial charge in [-0.1, -0.05) is 44.2 Å². The molecule has 30 heavy (non-hydrogen) atoms. The van der Waals surface area contributed by atoms with Crippen molar-refractivity contribution in [3.63, 3.8) is 0 Å². The van der Waals surface area contributed by atoms with Gasteiger partial charge in [0.1, 0.15) is 5.84 Å². The standard InChI is InChI=1S/C25H32N4O/c1-4-18-10-5-6-11-22(18)19-13-20-15-29(16-21(20)14-19)25(30)24(26-3)28-23-17(2)9-7-8-12-27-23/h5-8,10-12,17,19-21H,4,9,13-16H2,1-3H3/t17?,19?,20-,21+. The third-order valence-electron chi connectivity index (χ3n) is 6.90. The van der Waals surface area contributed by atoms with Gasteiger partial charge in [0.2, 0.25) is 5.84 Å². The number of amides is 1. The van der Waals surface area contributed by atoms with Gasteiger partial charge in [-0.2, -0.15) is 0 Å². The SMILES string of the molecule is CCc1ccccc1C1C[C@@H]2CN(C(=O)C(=NC)N=C3N=CC=CCC3C)C[C@@H]2C1. The number of aliphatic imine (C=N–C) groups is 3. The Morgan fingerprint density at radius 2 is 1.93 bits per heavy atom. The van der Waals surface area contributed by atoms with Gasteiger partial charge in [0, 0.05) is 32.3 Å². The molecule has 4 atom stereocenters. The average molecular weight is 405 g/mol. The minimum atomic E-state index is -0.0514. The highest BCUT2D eigenvalue weighted by Crippen LogP contribution is 2.47. The van der Waals surface area contributed by atoms with Crippen LogP contribution in [-0.2, 0) is 11.2 Å². The third-order valence-corrected chi connectivity index (χ3v) is 6.90. The number of carbonyl (C=O) groups is 1. The van der Waals surface area contributed by atoms with Gasteiger partial charge in [0.05, 0.1) is 0 Å². The van der Waals surface area contributed by atoms with E-state index in [4.69, 9.17) is 0 Å². The van der Waals surface area contributed by atoms with Crippen LogP contribution in [0.15, 0.2) is 51.4 Å². The largest absolute Gasteiger partial charge is 0.335 e. The lowest BCUT2D eigenvalue weighted by atomic mass is 9.90. The van der Waals surface area contributed by atoms with E-state index in [1.54, 1.807) is 13.3 Å². The number of likely N-dealkylation sites (tertiary alicyclic amines) is 1. The van der Waals surface area contributed by atoms with Crippen molar-refractivity contribution in [1.82, 2.24) is 4.90 Å². The van der Waals surface area contributed by atoms with Gasteiger partial charge >= 0.3 is 0 Å². The fourth-order valence-corrected chi connectivity index (χ4v) is 5.25. The molecule has 5 heteroatoms. The number of aryl methyl sites for hydroxylation is 1. The Balaban J connectivity index is 1.42. The lowest BCUT2D eigenvalue weighted by Crippen LogP contribution is -2.35. The average Bonchev–Trinajstić information content (AvgIpc) is 3.27. The minimum absolute atomic E-state index is 0.0514. The molecule has 1 saturated heterocycles. The quantitative estimate of drug-likeness (QED) is 0.536. The maximum atomic E-state index is 13.1. The molecule has 1 saturated carbocycles. The second-order valence-electron chi connectivity index (χ2n) is 8.81. The van der Waals surface area contributed by atoms with Gasteiger partial charge < -0.3 is 4.90 Å². The van der Waals surface area contributed by atoms with Crippen LogP contribution in [-0.4, -0.2) is 48.8 Å². The van der Waals surface area contributed by atoms with E-state index in [1.165, 1.54) is 24.0 Å². The normalized spacial score (nSPS) is 30.0. The van der Waals surface area contributed by atoms with Crippen LogP contribution in [0.4, 0.5) is 0 Å². The zero-order valence-corrected chi connectivity index (χ0v) is 18.3. The van der Waals surface area contributed by atoms with Gasteiger partial charge in [0.15, 0.2) is 0 Å². The highest BCUT2D eigenvalue weighted by molar-refractivity contribution is 6.40. The zero-order chi connectivity index (χ0) is 21.1. The summed E-state index contributed by atoms with van der Waals surface area (Å²) in [6, 6.07) is 8.86. The Bertz CT molecular complexity index is 899. The van der Waals surface area contributed by atoms with E-state index in [2.05, 4.69) is 59.2 Å². The molecule has 0 bridgehead atoms. The van der Waals surface area contributed by atoms with Crippen molar-refractivity contribution in [2.24, 2.45) is 32.7 Å². The van der Waals surface area contributed by atoms with Crippen molar-refractivity contribution in [1.29, 1.82) is 0 Å². The predicted molar refractivity (Wildman–Crippen MR) is 124 cm³/mol. The molecule has 2 aliphatic heterocycles. The van der Waals surface area contributed by atoms with Crippen molar-refractivity contribution < 1.29 is 4.79 Å². The van der Waals surface area contributed by atoms with Gasteiger partial charge in [-0.3, -0.25) is 9.79 Å². The van der Waals surface area contributed by atoms with Crippen LogP contribution in [0.2, 0.25) is 0 Å². The maximum Gasteiger partial charge on any atom is 0.291 e. The minimum Gasteiger partial charge on any atom is -0.335 e. The first kappa shape index (κ1) is 20.7. The summed E-state index contributed by atoms with van der Waals surface area (Å²) in [7, 11) is 1.65. The topological polar surface area (TPSA) is 57.4 Å². The van der Waals surface area contributed by atoms with E-state index >= 15 is 0 Å². The first-order valence-electron chi connectivity index (χ1n) is 11.2. The molecule has 2 heterocycles. The molecule has 5 nitrogen and oxygen atoms in total. The molecule has 0 radical (unpaired) electrons. The molecule has 2 unspecified atom stereocenters. The van der Waals surface area contributed by atoms with E-state index in [0.29, 0.717) is 23.6 Å². The molecule has 1 aliphatic carbocycles. The van der Waals surface area contributed by atoms with Crippen LogP contribution in [0, 0.1) is 17.8 Å². The summed E-state index contributed by atoms with van der Waals surface area (Å²) in [5, 5.41) is 0. The van der Waals surface area contributed by atoms with Crippen LogP contribution in [0.25, 0.3) is 0 Å². The summed E-state index contributed by atoms with van der Waals surface area (Å²) < 4.78 is 0. The third kappa shape index (κ3) is 4.16. The summed E-state index contributed by atoms with van der Waals surface area (Å²) in [5.74, 6) is 2.88. The van der Waals surface area contributed by atoms with Crippen molar-refractivity contribution in [2.75, 3.05) is 20.1 Å². The number of allylic oxidation sites excluding steroid dienone is 2. The van der Waals surface area contributed by atoms with Crippen LogP contribution in [0.3, 0.4) is 0 Å². The van der Waals surface area contributed by atoms with E-state index in [0.717, 1.165) is 25.9 Å². The van der Waals surface area contributed by atoms with Crippen molar-refractivity contribution in [2.45, 2.75) is 45.4 Å². The van der Waals surface area contributed by atoms with Gasteiger partial charge in [-0.15, -0.1) is 0 Å². The summed E-state index contributed by atoms with van der Waals surface area (Å²) in [4.78, 5) is 28.3. The molecule has 4 rings (SSSR count). The molecule has 1 amide bonds. The molecular formula is C25H32N4O. The molecular weight excluding hydrogens is 372 g/mol. The first-order valence-corrected chi connectivity index (χ1v) is 11.2.